The Hall–Kier alpha value is -5.10. The minimum absolute atomic E-state index is 0.104. The predicted molar refractivity (Wildman–Crippen MR) is 171 cm³/mol. The number of hydrogen-bond acceptors (Lipinski definition) is 4. The standard InChI is InChI=1S/C33H30ClF3N6O3/c1-17(2)30(44)38-16-19-5-11-25(34)24(13-19)31(45)39-23-10-12-26-21(14-23)15-27(43(26)4)32(46)40-29-18(3)28(41-42-29)20-6-8-22(9-7-20)33(35,36)37/h5-15,17H,16H2,1-4H3,(H,38,44)(H,39,45)(H2,40,41,42,46). The van der Waals surface area contributed by atoms with Gasteiger partial charge in [-0.05, 0) is 66.6 Å². The maximum atomic E-state index is 13.3. The second-order valence-corrected chi connectivity index (χ2v) is 11.5. The zero-order valence-electron chi connectivity index (χ0n) is 25.3. The average Bonchev–Trinajstić information content (AvgIpc) is 3.54. The maximum Gasteiger partial charge on any atom is 0.416 e. The molecule has 0 saturated carbocycles. The molecule has 3 aromatic carbocycles. The number of halogens is 4. The Bertz CT molecular complexity index is 1960. The van der Waals surface area contributed by atoms with Gasteiger partial charge in [0.2, 0.25) is 5.91 Å². The highest BCUT2D eigenvalue weighted by Crippen LogP contribution is 2.33. The van der Waals surface area contributed by atoms with Crippen molar-refractivity contribution in [2.24, 2.45) is 13.0 Å². The molecule has 46 heavy (non-hydrogen) atoms. The third-order valence-corrected chi connectivity index (χ3v) is 7.87. The van der Waals surface area contributed by atoms with Crippen LogP contribution in [0.15, 0.2) is 66.7 Å². The van der Waals surface area contributed by atoms with Gasteiger partial charge < -0.3 is 20.5 Å². The number of amides is 3. The van der Waals surface area contributed by atoms with Gasteiger partial charge in [-0.2, -0.15) is 18.3 Å². The summed E-state index contributed by atoms with van der Waals surface area (Å²) in [6.45, 7) is 5.54. The van der Waals surface area contributed by atoms with Crippen LogP contribution in [0.4, 0.5) is 24.7 Å². The molecular formula is C33H30ClF3N6O3. The molecular weight excluding hydrogens is 621 g/mol. The van der Waals surface area contributed by atoms with Crippen LogP contribution in [0.25, 0.3) is 22.2 Å². The lowest BCUT2D eigenvalue weighted by Gasteiger charge is -2.11. The van der Waals surface area contributed by atoms with Crippen molar-refractivity contribution in [3.05, 3.63) is 99.7 Å². The Labute approximate surface area is 267 Å². The molecule has 0 aliphatic carbocycles. The van der Waals surface area contributed by atoms with Gasteiger partial charge in [-0.3, -0.25) is 19.5 Å². The lowest BCUT2D eigenvalue weighted by molar-refractivity contribution is -0.137. The van der Waals surface area contributed by atoms with E-state index in [4.69, 9.17) is 11.6 Å². The van der Waals surface area contributed by atoms with E-state index >= 15 is 0 Å². The normalized spacial score (nSPS) is 11.6. The average molecular weight is 651 g/mol. The number of anilines is 2. The van der Waals surface area contributed by atoms with E-state index in [1.807, 2.05) is 0 Å². The summed E-state index contributed by atoms with van der Waals surface area (Å²) < 4.78 is 40.6. The SMILES string of the molecule is Cc1c(NC(=O)c2cc3cc(NC(=O)c4cc(CNC(=O)C(C)C)ccc4Cl)ccc3n2C)n[nH]c1-c1ccc(C(F)(F)F)cc1. The zero-order chi connectivity index (χ0) is 33.3. The Morgan fingerprint density at radius 2 is 1.67 bits per heavy atom. The summed E-state index contributed by atoms with van der Waals surface area (Å²) in [7, 11) is 1.73. The Morgan fingerprint density at radius 3 is 2.35 bits per heavy atom. The van der Waals surface area contributed by atoms with Crippen molar-refractivity contribution in [2.45, 2.75) is 33.5 Å². The monoisotopic (exact) mass is 650 g/mol. The second-order valence-electron chi connectivity index (χ2n) is 11.1. The van der Waals surface area contributed by atoms with Crippen LogP contribution in [0.1, 0.15) is 51.4 Å². The Balaban J connectivity index is 1.31. The first-order chi connectivity index (χ1) is 21.7. The van der Waals surface area contributed by atoms with E-state index in [1.165, 1.54) is 12.1 Å². The van der Waals surface area contributed by atoms with Crippen molar-refractivity contribution in [3.63, 3.8) is 0 Å². The smallest absolute Gasteiger partial charge is 0.352 e. The summed E-state index contributed by atoms with van der Waals surface area (Å²) in [5.41, 5.74) is 3.26. The quantitative estimate of drug-likeness (QED) is 0.141. The molecule has 5 aromatic rings. The van der Waals surface area contributed by atoms with E-state index in [2.05, 4.69) is 26.1 Å². The predicted octanol–water partition coefficient (Wildman–Crippen LogP) is 7.33. The van der Waals surface area contributed by atoms with Crippen LogP contribution in [0.5, 0.6) is 0 Å². The number of H-pyrrole nitrogens is 1. The van der Waals surface area contributed by atoms with Crippen molar-refractivity contribution in [3.8, 4) is 11.3 Å². The van der Waals surface area contributed by atoms with Crippen LogP contribution in [0.2, 0.25) is 5.02 Å². The number of fused-ring (bicyclic) bond motifs is 1. The minimum atomic E-state index is -4.44. The van der Waals surface area contributed by atoms with E-state index in [9.17, 15) is 27.6 Å². The zero-order valence-corrected chi connectivity index (χ0v) is 26.0. The van der Waals surface area contributed by atoms with Crippen molar-refractivity contribution in [1.82, 2.24) is 20.1 Å². The number of alkyl halides is 3. The highest BCUT2D eigenvalue weighted by atomic mass is 35.5. The van der Waals surface area contributed by atoms with Crippen molar-refractivity contribution >= 4 is 51.7 Å². The molecule has 0 spiro atoms. The van der Waals surface area contributed by atoms with E-state index in [1.54, 1.807) is 74.9 Å². The first-order valence-electron chi connectivity index (χ1n) is 14.2. The number of carbonyl (C=O) groups excluding carboxylic acids is 3. The summed E-state index contributed by atoms with van der Waals surface area (Å²) in [6.07, 6.45) is -4.44. The third kappa shape index (κ3) is 6.76. The number of aromatic amines is 1. The number of nitrogens with zero attached hydrogens (tertiary/aromatic N) is 2. The van der Waals surface area contributed by atoms with E-state index < -0.39 is 23.6 Å². The highest BCUT2D eigenvalue weighted by Gasteiger charge is 2.30. The molecule has 5 rings (SSSR count). The van der Waals surface area contributed by atoms with E-state index in [0.29, 0.717) is 33.6 Å². The largest absolute Gasteiger partial charge is 0.416 e. The molecule has 0 atom stereocenters. The molecule has 9 nitrogen and oxygen atoms in total. The lowest BCUT2D eigenvalue weighted by atomic mass is 10.1. The topological polar surface area (TPSA) is 121 Å². The molecule has 4 N–H and O–H groups in total. The number of nitrogens with one attached hydrogen (secondary N) is 4. The molecule has 13 heteroatoms. The van der Waals surface area contributed by atoms with Gasteiger partial charge in [0.25, 0.3) is 11.8 Å². The molecule has 0 fully saturated rings. The minimum Gasteiger partial charge on any atom is -0.352 e. The Morgan fingerprint density at radius 1 is 0.957 bits per heavy atom. The molecule has 0 aliphatic heterocycles. The number of aryl methyl sites for hydroxylation is 1. The second kappa shape index (κ2) is 12.7. The molecule has 2 aromatic heterocycles. The molecule has 2 heterocycles. The van der Waals surface area contributed by atoms with Crippen molar-refractivity contribution in [1.29, 1.82) is 0 Å². The van der Waals surface area contributed by atoms with Crippen LogP contribution in [-0.2, 0) is 24.6 Å². The summed E-state index contributed by atoms with van der Waals surface area (Å²) in [4.78, 5) is 38.4. The number of rotatable bonds is 8. The molecule has 3 amide bonds. The summed E-state index contributed by atoms with van der Waals surface area (Å²) in [5, 5.41) is 16.3. The summed E-state index contributed by atoms with van der Waals surface area (Å²) in [6, 6.07) is 16.5. The molecule has 0 radical (unpaired) electrons. The van der Waals surface area contributed by atoms with Crippen molar-refractivity contribution < 1.29 is 27.6 Å². The van der Waals surface area contributed by atoms with E-state index in [-0.39, 0.29) is 34.8 Å². The fourth-order valence-corrected chi connectivity index (χ4v) is 5.09. The maximum absolute atomic E-state index is 13.3. The molecule has 0 unspecified atom stereocenters. The number of aromatic nitrogens is 3. The number of carbonyl (C=O) groups is 3. The molecule has 0 saturated heterocycles. The van der Waals surface area contributed by atoms with Gasteiger partial charge in [-0.15, -0.1) is 0 Å². The van der Waals surface area contributed by atoms with Crippen LogP contribution in [0, 0.1) is 12.8 Å². The van der Waals surface area contributed by atoms with E-state index in [0.717, 1.165) is 23.2 Å². The number of benzene rings is 3. The molecule has 0 aliphatic rings. The third-order valence-electron chi connectivity index (χ3n) is 7.54. The van der Waals surface area contributed by atoms with Gasteiger partial charge in [0.1, 0.15) is 5.69 Å². The Kier molecular flexibility index (Phi) is 8.93. The van der Waals surface area contributed by atoms with Gasteiger partial charge in [-0.25, -0.2) is 0 Å². The fourth-order valence-electron chi connectivity index (χ4n) is 4.89. The first-order valence-corrected chi connectivity index (χ1v) is 14.6. The van der Waals surface area contributed by atoms with Crippen LogP contribution >= 0.6 is 11.6 Å². The van der Waals surface area contributed by atoms with Gasteiger partial charge in [0.15, 0.2) is 5.82 Å². The lowest BCUT2D eigenvalue weighted by Crippen LogP contribution is -2.27. The number of hydrogen-bond donors (Lipinski definition) is 4. The molecule has 0 bridgehead atoms. The fraction of sp³-hybridized carbons (Fsp3) is 0.212. The molecule has 238 valence electrons. The summed E-state index contributed by atoms with van der Waals surface area (Å²) >= 11 is 6.32. The van der Waals surface area contributed by atoms with Crippen LogP contribution < -0.4 is 16.0 Å². The van der Waals surface area contributed by atoms with Crippen LogP contribution in [0.3, 0.4) is 0 Å². The van der Waals surface area contributed by atoms with Gasteiger partial charge in [-0.1, -0.05) is 43.6 Å². The first kappa shape index (κ1) is 32.3. The van der Waals surface area contributed by atoms with Gasteiger partial charge >= 0.3 is 6.18 Å². The van der Waals surface area contributed by atoms with Crippen molar-refractivity contribution in [2.75, 3.05) is 10.6 Å². The highest BCUT2D eigenvalue weighted by molar-refractivity contribution is 6.34. The summed E-state index contributed by atoms with van der Waals surface area (Å²) in [5.74, 6) is -0.925. The van der Waals surface area contributed by atoms with Gasteiger partial charge in [0, 0.05) is 41.7 Å². The van der Waals surface area contributed by atoms with Gasteiger partial charge in [0.05, 0.1) is 21.8 Å². The van der Waals surface area contributed by atoms with Crippen LogP contribution in [-0.4, -0.2) is 32.5 Å².